The molecular weight excluding hydrogens is 533 g/mol. The fourth-order valence-electron chi connectivity index (χ4n) is 4.72. The zero-order valence-electron chi connectivity index (χ0n) is 23.1. The molecule has 0 fully saturated rings. The first-order valence-electron chi connectivity index (χ1n) is 13.3. The van der Waals surface area contributed by atoms with Crippen molar-refractivity contribution in [3.05, 3.63) is 116 Å². The van der Waals surface area contributed by atoms with Gasteiger partial charge in [0, 0.05) is 12.0 Å². The molecule has 1 heterocycles. The van der Waals surface area contributed by atoms with Crippen molar-refractivity contribution < 1.29 is 27.8 Å². The largest absolute Gasteiger partial charge is 0.489 e. The second-order valence-corrected chi connectivity index (χ2v) is 9.92. The maximum Gasteiger partial charge on any atom is 0.417 e. The number of aryl methyl sites for hydroxylation is 3. The van der Waals surface area contributed by atoms with Crippen LogP contribution in [-0.4, -0.2) is 20.6 Å². The second-order valence-electron chi connectivity index (χ2n) is 9.92. The molecule has 0 saturated carbocycles. The highest BCUT2D eigenvalue weighted by atomic mass is 19.4. The summed E-state index contributed by atoms with van der Waals surface area (Å²) in [5.41, 5.74) is 1.25. The Morgan fingerprint density at radius 3 is 2.32 bits per heavy atom. The summed E-state index contributed by atoms with van der Waals surface area (Å²) in [4.78, 5) is 29.5. The summed E-state index contributed by atoms with van der Waals surface area (Å²) < 4.78 is 48.9. The van der Waals surface area contributed by atoms with E-state index in [1.165, 1.54) is 34.9 Å². The average molecular weight is 565 g/mol. The minimum absolute atomic E-state index is 0.0521. The van der Waals surface area contributed by atoms with Crippen LogP contribution in [0, 0.1) is 13.8 Å². The fourth-order valence-corrected chi connectivity index (χ4v) is 4.72. The summed E-state index contributed by atoms with van der Waals surface area (Å²) in [5.74, 6) is 0.156. The van der Waals surface area contributed by atoms with Crippen molar-refractivity contribution in [3.63, 3.8) is 0 Å². The minimum atomic E-state index is -4.62. The molecule has 214 valence electrons. The smallest absolute Gasteiger partial charge is 0.417 e. The van der Waals surface area contributed by atoms with Gasteiger partial charge in [0.15, 0.2) is 0 Å². The summed E-state index contributed by atoms with van der Waals surface area (Å²) in [6.07, 6.45) is -2.44. The number of halogens is 3. The van der Waals surface area contributed by atoms with E-state index in [-0.39, 0.29) is 35.5 Å². The van der Waals surface area contributed by atoms with Crippen molar-refractivity contribution in [1.29, 1.82) is 0 Å². The van der Waals surface area contributed by atoms with E-state index in [2.05, 4.69) is 4.98 Å². The van der Waals surface area contributed by atoms with E-state index in [9.17, 15) is 22.8 Å². The predicted molar refractivity (Wildman–Crippen MR) is 150 cm³/mol. The van der Waals surface area contributed by atoms with Crippen LogP contribution in [-0.2, 0) is 25.7 Å². The maximum atomic E-state index is 13.8. The Balaban J connectivity index is 1.66. The molecule has 0 aliphatic heterocycles. The third kappa shape index (κ3) is 6.85. The zero-order valence-corrected chi connectivity index (χ0v) is 23.1. The average Bonchev–Trinajstić information content (AvgIpc) is 2.93. The molecule has 6 nitrogen and oxygen atoms in total. The van der Waals surface area contributed by atoms with Gasteiger partial charge in [-0.3, -0.25) is 9.36 Å². The summed E-state index contributed by atoms with van der Waals surface area (Å²) in [7, 11) is 0. The topological polar surface area (TPSA) is 81.4 Å². The lowest BCUT2D eigenvalue weighted by Crippen LogP contribution is -2.29. The van der Waals surface area contributed by atoms with Gasteiger partial charge in [-0.25, -0.2) is 9.78 Å². The Morgan fingerprint density at radius 2 is 1.68 bits per heavy atom. The van der Waals surface area contributed by atoms with Gasteiger partial charge in [0.2, 0.25) is 0 Å². The highest BCUT2D eigenvalue weighted by molar-refractivity contribution is 5.87. The lowest BCUT2D eigenvalue weighted by atomic mass is 9.98. The third-order valence-electron chi connectivity index (χ3n) is 6.86. The van der Waals surface area contributed by atoms with E-state index in [0.29, 0.717) is 18.0 Å². The van der Waals surface area contributed by atoms with Gasteiger partial charge in [-0.05, 0) is 61.2 Å². The fraction of sp³-hybridized carbons (Fsp3) is 0.281. The summed E-state index contributed by atoms with van der Waals surface area (Å²) in [6.45, 7) is 5.85. The van der Waals surface area contributed by atoms with Gasteiger partial charge in [-0.2, -0.15) is 13.2 Å². The first kappa shape index (κ1) is 29.6. The van der Waals surface area contributed by atoms with Gasteiger partial charge in [0.1, 0.15) is 18.2 Å². The number of unbranched alkanes of at least 4 members (excludes halogenated alkanes) is 1. The second kappa shape index (κ2) is 12.4. The van der Waals surface area contributed by atoms with Gasteiger partial charge in [-0.1, -0.05) is 55.8 Å². The number of nitrogens with zero attached hydrogens (tertiary/aromatic N) is 2. The molecule has 4 rings (SSSR count). The number of rotatable bonds is 10. The zero-order chi connectivity index (χ0) is 29.7. The van der Waals surface area contributed by atoms with Crippen molar-refractivity contribution in [3.8, 4) is 16.9 Å². The number of hydrogen-bond donors (Lipinski definition) is 1. The highest BCUT2D eigenvalue weighted by Gasteiger charge is 2.34. The van der Waals surface area contributed by atoms with Gasteiger partial charge in [-0.15, -0.1) is 0 Å². The molecule has 0 bridgehead atoms. The predicted octanol–water partition coefficient (Wildman–Crippen LogP) is 7.21. The van der Waals surface area contributed by atoms with E-state index in [4.69, 9.17) is 9.84 Å². The number of carboxylic acids is 1. The Hall–Kier alpha value is -4.40. The van der Waals surface area contributed by atoms with Crippen molar-refractivity contribution in [1.82, 2.24) is 9.55 Å². The molecule has 0 aliphatic carbocycles. The first-order valence-corrected chi connectivity index (χ1v) is 13.3. The van der Waals surface area contributed by atoms with Crippen LogP contribution < -0.4 is 10.3 Å². The number of aromatic nitrogens is 2. The van der Waals surface area contributed by atoms with Crippen LogP contribution >= 0.6 is 0 Å². The molecule has 0 amide bonds. The summed E-state index contributed by atoms with van der Waals surface area (Å²) in [5, 5.41) is 9.06. The Morgan fingerprint density at radius 1 is 1.00 bits per heavy atom. The highest BCUT2D eigenvalue weighted by Crippen LogP contribution is 2.36. The maximum absolute atomic E-state index is 13.8. The summed E-state index contributed by atoms with van der Waals surface area (Å²) in [6, 6.07) is 17.0. The van der Waals surface area contributed by atoms with Gasteiger partial charge < -0.3 is 9.84 Å². The van der Waals surface area contributed by atoms with E-state index in [0.717, 1.165) is 35.6 Å². The van der Waals surface area contributed by atoms with Crippen LogP contribution in [0.2, 0.25) is 0 Å². The van der Waals surface area contributed by atoms with Crippen LogP contribution in [0.5, 0.6) is 5.75 Å². The Bertz CT molecular complexity index is 1610. The number of hydrogen-bond acceptors (Lipinski definition) is 4. The SMILES string of the molecule is CCCCc1nc(C)c(-c2ccccc2C(F)(F)F)c(=O)n1Cc1ccc(OCc2ccc(C(=O)O)cc2)c(C)c1. The van der Waals surface area contributed by atoms with Gasteiger partial charge in [0.05, 0.1) is 28.9 Å². The first-order chi connectivity index (χ1) is 19.5. The number of alkyl halides is 3. The van der Waals surface area contributed by atoms with Crippen LogP contribution in [0.3, 0.4) is 0 Å². The number of ether oxygens (including phenoxy) is 1. The van der Waals surface area contributed by atoms with E-state index < -0.39 is 23.3 Å². The standard InChI is InChI=1S/C32H31F3N2O4/c1-4-5-10-28-36-21(3)29(25-8-6-7-9-26(25)32(33,34)35)30(38)37(28)18-23-13-16-27(20(2)17-23)41-19-22-11-14-24(15-12-22)31(39)40/h6-9,11-17H,4-5,10,18-19H2,1-3H3,(H,39,40). The van der Waals surface area contributed by atoms with Crippen LogP contribution in [0.1, 0.15) is 63.9 Å². The molecule has 0 atom stereocenters. The van der Waals surface area contributed by atoms with Crippen LogP contribution in [0.25, 0.3) is 11.1 Å². The normalized spacial score (nSPS) is 11.5. The van der Waals surface area contributed by atoms with Crippen LogP contribution in [0.4, 0.5) is 13.2 Å². The molecule has 0 saturated heterocycles. The third-order valence-corrected chi connectivity index (χ3v) is 6.86. The van der Waals surface area contributed by atoms with Gasteiger partial charge in [0.25, 0.3) is 5.56 Å². The molecule has 1 aromatic heterocycles. The molecule has 0 spiro atoms. The van der Waals surface area contributed by atoms with Crippen molar-refractivity contribution >= 4 is 5.97 Å². The van der Waals surface area contributed by atoms with E-state index in [1.807, 2.05) is 26.0 Å². The molecule has 0 radical (unpaired) electrons. The Labute approximate surface area is 236 Å². The van der Waals surface area contributed by atoms with E-state index >= 15 is 0 Å². The van der Waals surface area contributed by atoms with Gasteiger partial charge >= 0.3 is 12.1 Å². The molecule has 41 heavy (non-hydrogen) atoms. The number of carbonyl (C=O) groups is 1. The van der Waals surface area contributed by atoms with E-state index in [1.54, 1.807) is 25.1 Å². The number of benzene rings is 3. The Kier molecular flexibility index (Phi) is 8.95. The quantitative estimate of drug-likeness (QED) is 0.220. The molecular formula is C32H31F3N2O4. The molecule has 4 aromatic rings. The number of aromatic carboxylic acids is 1. The molecule has 0 aliphatic rings. The molecule has 9 heteroatoms. The van der Waals surface area contributed by atoms with Crippen molar-refractivity contribution in [2.24, 2.45) is 0 Å². The van der Waals surface area contributed by atoms with Crippen LogP contribution in [0.15, 0.2) is 71.5 Å². The minimum Gasteiger partial charge on any atom is -0.489 e. The molecule has 0 unspecified atom stereocenters. The van der Waals surface area contributed by atoms with Crippen molar-refractivity contribution in [2.45, 2.75) is 59.4 Å². The monoisotopic (exact) mass is 564 g/mol. The summed E-state index contributed by atoms with van der Waals surface area (Å²) >= 11 is 0. The molecule has 3 aromatic carbocycles. The lowest BCUT2D eigenvalue weighted by Gasteiger charge is -2.19. The lowest BCUT2D eigenvalue weighted by molar-refractivity contribution is -0.137. The molecule has 1 N–H and O–H groups in total. The number of carboxylic acid groups (broad SMARTS) is 1. The van der Waals surface area contributed by atoms with Crippen molar-refractivity contribution in [2.75, 3.05) is 0 Å².